The zero-order valence-electron chi connectivity index (χ0n) is 49.7. The van der Waals surface area contributed by atoms with Crippen LogP contribution in [0.3, 0.4) is 0 Å². The third kappa shape index (κ3) is 12.8. The first-order valence-electron chi connectivity index (χ1n) is 28.7. The molecule has 12 aromatic rings. The van der Waals surface area contributed by atoms with E-state index in [2.05, 4.69) is 4.85 Å². The summed E-state index contributed by atoms with van der Waals surface area (Å²) < 4.78 is 393. The topological polar surface area (TPSA) is 38.0 Å². The van der Waals surface area contributed by atoms with E-state index < -0.39 is 178 Å². The number of hydrogen-bond acceptors (Lipinski definition) is 1. The predicted octanol–water partition coefficient (Wildman–Crippen LogP) is 25.8. The van der Waals surface area contributed by atoms with Crippen LogP contribution in [0.5, 0.6) is 0 Å². The Kier molecular flexibility index (Phi) is 16.5. The summed E-state index contributed by atoms with van der Waals surface area (Å²) in [5.74, 6) is 0. The average molecular weight is 1450 g/mol. The van der Waals surface area contributed by atoms with Crippen LogP contribution in [0, 0.1) is 17.9 Å². The molecule has 0 radical (unpaired) electrons. The number of halogens is 27. The number of nitriles is 1. The maximum Gasteiger partial charge on any atom is 0.417 e. The molecule has 0 saturated heterocycles. The molecule has 0 amide bonds. The fraction of sp³-hybridized carbons (Fsp3) is 0.127. The number of hydrogen-bond donors (Lipinski definition) is 0. The predicted molar refractivity (Wildman–Crippen MR) is 318 cm³/mol. The minimum absolute atomic E-state index is 0.228. The van der Waals surface area contributed by atoms with Crippen molar-refractivity contribution in [2.45, 2.75) is 55.6 Å². The van der Waals surface area contributed by atoms with Gasteiger partial charge >= 0.3 is 55.6 Å². The van der Waals surface area contributed by atoms with Crippen LogP contribution in [0.1, 0.15) is 55.6 Å². The second kappa shape index (κ2) is 23.8. The largest absolute Gasteiger partial charge is 0.417 e. The summed E-state index contributed by atoms with van der Waals surface area (Å²) in [6.45, 7) is 8.07. The summed E-state index contributed by atoms with van der Waals surface area (Å²) >= 11 is 0. The van der Waals surface area contributed by atoms with Gasteiger partial charge in [-0.05, 0) is 171 Å². The summed E-state index contributed by atoms with van der Waals surface area (Å²) in [4.78, 5) is 3.28. The maximum absolute atomic E-state index is 14.9. The van der Waals surface area contributed by atoms with Gasteiger partial charge in [0.25, 0.3) is 0 Å². The van der Waals surface area contributed by atoms with Gasteiger partial charge in [0.2, 0.25) is 0 Å². The third-order valence-electron chi connectivity index (χ3n) is 16.8. The highest BCUT2D eigenvalue weighted by molar-refractivity contribution is 6.14. The van der Waals surface area contributed by atoms with Gasteiger partial charge < -0.3 is 9.13 Å². The Hall–Kier alpha value is -11.1. The van der Waals surface area contributed by atoms with E-state index in [1.54, 1.807) is 0 Å². The Balaban J connectivity index is 1.23. The Morgan fingerprint density at radius 2 is 0.500 bits per heavy atom. The molecule has 2 heterocycles. The molecule has 0 unspecified atom stereocenters. The summed E-state index contributed by atoms with van der Waals surface area (Å²) in [6, 6.07) is 18.8. The highest BCUT2D eigenvalue weighted by atomic mass is 19.4. The lowest BCUT2D eigenvalue weighted by Crippen LogP contribution is -2.12. The summed E-state index contributed by atoms with van der Waals surface area (Å²) in [5, 5.41) is 10.2. The molecular formula is C71H29F27N4. The Bertz CT molecular complexity index is 4970. The van der Waals surface area contributed by atoms with Crippen molar-refractivity contribution in [1.82, 2.24) is 9.13 Å². The number of rotatable bonds is 7. The van der Waals surface area contributed by atoms with E-state index in [-0.39, 0.29) is 97.7 Å². The number of fused-ring (bicyclic) bond motifs is 6. The zero-order valence-corrected chi connectivity index (χ0v) is 49.7. The number of benzene rings is 10. The van der Waals surface area contributed by atoms with Gasteiger partial charge in [-0.3, -0.25) is 0 Å². The second-order valence-corrected chi connectivity index (χ2v) is 23.0. The van der Waals surface area contributed by atoms with Crippen LogP contribution in [0.2, 0.25) is 0 Å². The van der Waals surface area contributed by atoms with E-state index in [9.17, 15) is 124 Å². The van der Waals surface area contributed by atoms with Gasteiger partial charge in [0, 0.05) is 27.1 Å². The van der Waals surface area contributed by atoms with Crippen molar-refractivity contribution < 1.29 is 119 Å². The summed E-state index contributed by atoms with van der Waals surface area (Å²) in [5.41, 5.74) is -26.8. The molecule has 0 aliphatic rings. The van der Waals surface area contributed by atoms with E-state index in [1.165, 1.54) is 0 Å². The summed E-state index contributed by atoms with van der Waals surface area (Å²) in [7, 11) is 0. The summed E-state index contributed by atoms with van der Waals surface area (Å²) in [6.07, 6.45) is -48.9. The van der Waals surface area contributed by atoms with Crippen LogP contribution < -0.4 is 0 Å². The molecule has 0 bridgehead atoms. The Labute approximate surface area is 552 Å². The first-order chi connectivity index (χ1) is 47.2. The van der Waals surface area contributed by atoms with Crippen molar-refractivity contribution in [2.75, 3.05) is 0 Å². The lowest BCUT2D eigenvalue weighted by molar-refractivity contribution is -0.144. The van der Waals surface area contributed by atoms with Gasteiger partial charge in [0.05, 0.1) is 84.5 Å². The Morgan fingerprint density at radius 3 is 0.716 bits per heavy atom. The van der Waals surface area contributed by atoms with Gasteiger partial charge in [-0.1, -0.05) is 60.7 Å². The van der Waals surface area contributed by atoms with Gasteiger partial charge in [-0.2, -0.15) is 124 Å². The minimum atomic E-state index is -5.57. The maximum atomic E-state index is 14.9. The van der Waals surface area contributed by atoms with E-state index in [4.69, 9.17) is 6.57 Å². The van der Waals surface area contributed by atoms with Crippen molar-refractivity contribution in [3.8, 4) is 73.1 Å². The molecule has 102 heavy (non-hydrogen) atoms. The van der Waals surface area contributed by atoms with Gasteiger partial charge in [0.1, 0.15) is 11.6 Å². The smallest absolute Gasteiger partial charge is 0.308 e. The highest BCUT2D eigenvalue weighted by Crippen LogP contribution is 2.51. The Morgan fingerprint density at radius 1 is 0.265 bits per heavy atom. The van der Waals surface area contributed by atoms with Crippen LogP contribution in [-0.4, -0.2) is 9.13 Å². The minimum Gasteiger partial charge on any atom is -0.308 e. The third-order valence-corrected chi connectivity index (χ3v) is 16.8. The number of nitrogens with zero attached hydrogens (tertiary/aromatic N) is 4. The van der Waals surface area contributed by atoms with Crippen molar-refractivity contribution in [3.63, 3.8) is 0 Å². The van der Waals surface area contributed by atoms with Gasteiger partial charge in [0.15, 0.2) is 5.69 Å². The van der Waals surface area contributed by atoms with Crippen LogP contribution in [0.15, 0.2) is 176 Å². The van der Waals surface area contributed by atoms with Crippen molar-refractivity contribution >= 4 is 49.3 Å². The molecule has 522 valence electrons. The van der Waals surface area contributed by atoms with Gasteiger partial charge in [-0.15, -0.1) is 0 Å². The molecule has 31 heteroatoms. The SMILES string of the molecule is [C-]#[N+]c1cc(C(F)(F)F)ccc1-c1cc(-n2c3ccc(-c4ccc(C(F)(F)F)cc4C(F)(F)F)cc3c3cc(-c4ccc(C(F)(F)F)cc4C(F)(F)F)ccc32)c(C#N)c(-n2c3ccc(-c4ccc(C(F)(F)F)cc4C(F)(F)F)cc3c3cc(-c4ccc(C(F)(F)F)cc4C(F)(F)F)ccc32)c1. The molecular weight excluding hydrogens is 1420 g/mol. The molecule has 0 atom stereocenters. The first kappa shape index (κ1) is 70.7. The number of alkyl halides is 27. The fourth-order valence-electron chi connectivity index (χ4n) is 12.3. The van der Waals surface area contributed by atoms with Crippen molar-refractivity contribution in [1.29, 1.82) is 5.26 Å². The molecule has 0 fully saturated rings. The van der Waals surface area contributed by atoms with Crippen molar-refractivity contribution in [2.24, 2.45) is 0 Å². The first-order valence-corrected chi connectivity index (χ1v) is 28.7. The van der Waals surface area contributed by atoms with E-state index in [1.807, 2.05) is 6.07 Å². The van der Waals surface area contributed by atoms with Crippen molar-refractivity contribution in [3.05, 3.63) is 243 Å². The lowest BCUT2D eigenvalue weighted by Gasteiger charge is -2.20. The van der Waals surface area contributed by atoms with Crippen LogP contribution in [-0.2, 0) is 55.6 Å². The van der Waals surface area contributed by atoms with Crippen LogP contribution in [0.4, 0.5) is 124 Å². The quantitative estimate of drug-likeness (QED) is 0.116. The highest BCUT2D eigenvalue weighted by Gasteiger charge is 2.44. The molecule has 0 saturated carbocycles. The fourth-order valence-corrected chi connectivity index (χ4v) is 12.3. The monoisotopic (exact) mass is 1450 g/mol. The van der Waals surface area contributed by atoms with E-state index in [0.717, 1.165) is 100 Å². The number of aromatic nitrogens is 2. The molecule has 10 aromatic carbocycles. The standard InChI is InChI=1S/C71H29F27N4/c1-100-56-30-41(67(84,85)86)10-15-46(56)36-24-61(101-57-16-2-32(42-11-6-37(63(72,73)74)26-52(42)68(87,88)89)20-47(57)48-21-33(3-17-58(48)101)43-12-7-38(64(75,76)77)27-53(43)69(90,91)92)51(31-99)62(25-36)102-59-18-4-34(44-13-8-39(65(78,79)80)28-54(44)70(93,94)95)22-49(59)50-23-35(5-19-60(50)102)45-14-9-40(66(81,82)83)29-55(45)71(96,97)98/h2-30H. The molecule has 0 spiro atoms. The molecule has 4 nitrogen and oxygen atoms in total. The second-order valence-electron chi connectivity index (χ2n) is 23.0. The molecule has 2 aromatic heterocycles. The normalized spacial score (nSPS) is 13.2. The molecule has 0 N–H and O–H groups in total. The molecule has 0 aliphatic carbocycles. The lowest BCUT2D eigenvalue weighted by atomic mass is 9.94. The molecule has 12 rings (SSSR count). The van der Waals surface area contributed by atoms with E-state index in [0.29, 0.717) is 36.4 Å². The van der Waals surface area contributed by atoms with Gasteiger partial charge in [-0.25, -0.2) is 4.85 Å². The van der Waals surface area contributed by atoms with Crippen LogP contribution >= 0.6 is 0 Å². The molecule has 0 aliphatic heterocycles. The van der Waals surface area contributed by atoms with E-state index >= 15 is 0 Å². The average Bonchev–Trinajstić information content (AvgIpc) is 1.55. The van der Waals surface area contributed by atoms with Crippen LogP contribution in [0.25, 0.3) is 115 Å². The zero-order chi connectivity index (χ0) is 74.5.